The van der Waals surface area contributed by atoms with E-state index >= 15 is 0 Å². The maximum atomic E-state index is 7.51. The molecule has 0 aromatic heterocycles. The number of rotatable bonds is 3. The van der Waals surface area contributed by atoms with Gasteiger partial charge in [0.25, 0.3) is 0 Å². The molecular formula is C11H17N5O. The fourth-order valence-electron chi connectivity index (χ4n) is 1.33. The molecule has 1 aromatic carbocycles. The molecule has 0 radical (unpaired) electrons. The SMILES string of the molecule is CCOc1ccc(NC(=N)NC(=N)N)c(C)c1. The molecule has 6 N–H and O–H groups in total. The summed E-state index contributed by atoms with van der Waals surface area (Å²) < 4.78 is 5.36. The molecule has 0 aliphatic heterocycles. The summed E-state index contributed by atoms with van der Waals surface area (Å²) in [4.78, 5) is 0. The van der Waals surface area contributed by atoms with E-state index in [4.69, 9.17) is 21.3 Å². The lowest BCUT2D eigenvalue weighted by molar-refractivity contribution is 0.340. The second kappa shape index (κ2) is 5.74. The Morgan fingerprint density at radius 3 is 2.65 bits per heavy atom. The van der Waals surface area contributed by atoms with E-state index in [9.17, 15) is 0 Å². The Bertz CT molecular complexity index is 430. The van der Waals surface area contributed by atoms with Crippen LogP contribution in [0.2, 0.25) is 0 Å². The lowest BCUT2D eigenvalue weighted by atomic mass is 10.2. The van der Waals surface area contributed by atoms with Gasteiger partial charge in [-0.1, -0.05) is 0 Å². The molecule has 17 heavy (non-hydrogen) atoms. The van der Waals surface area contributed by atoms with Gasteiger partial charge in [-0.15, -0.1) is 0 Å². The minimum absolute atomic E-state index is 0.0373. The van der Waals surface area contributed by atoms with Crippen molar-refractivity contribution in [1.82, 2.24) is 5.32 Å². The first-order valence-corrected chi connectivity index (χ1v) is 5.23. The normalized spacial score (nSPS) is 9.53. The first-order chi connectivity index (χ1) is 8.02. The van der Waals surface area contributed by atoms with E-state index in [-0.39, 0.29) is 11.9 Å². The summed E-state index contributed by atoms with van der Waals surface area (Å²) in [5.41, 5.74) is 6.84. The molecule has 6 heteroatoms. The molecule has 1 rings (SSSR count). The van der Waals surface area contributed by atoms with E-state index < -0.39 is 0 Å². The molecule has 0 bridgehead atoms. The Hall–Kier alpha value is -2.24. The highest BCUT2D eigenvalue weighted by molar-refractivity contribution is 6.02. The van der Waals surface area contributed by atoms with Crippen LogP contribution in [0.1, 0.15) is 12.5 Å². The average Bonchev–Trinajstić information content (AvgIpc) is 2.21. The van der Waals surface area contributed by atoms with Gasteiger partial charge in [-0.2, -0.15) is 0 Å². The summed E-state index contributed by atoms with van der Waals surface area (Å²) in [5.74, 6) is 0.484. The second-order valence-corrected chi connectivity index (χ2v) is 3.45. The third-order valence-corrected chi connectivity index (χ3v) is 2.03. The number of hydrogen-bond acceptors (Lipinski definition) is 3. The lowest BCUT2D eigenvalue weighted by Gasteiger charge is -2.12. The van der Waals surface area contributed by atoms with Crippen molar-refractivity contribution in [2.75, 3.05) is 11.9 Å². The molecule has 0 saturated heterocycles. The van der Waals surface area contributed by atoms with E-state index in [0.29, 0.717) is 6.61 Å². The zero-order valence-electron chi connectivity index (χ0n) is 9.92. The van der Waals surface area contributed by atoms with E-state index in [1.165, 1.54) is 0 Å². The van der Waals surface area contributed by atoms with Crippen molar-refractivity contribution in [1.29, 1.82) is 10.8 Å². The summed E-state index contributed by atoms with van der Waals surface area (Å²) in [6, 6.07) is 5.52. The van der Waals surface area contributed by atoms with E-state index in [1.807, 2.05) is 32.0 Å². The van der Waals surface area contributed by atoms with Gasteiger partial charge in [-0.05, 0) is 37.6 Å². The maximum absolute atomic E-state index is 7.51. The van der Waals surface area contributed by atoms with Gasteiger partial charge >= 0.3 is 0 Å². The Morgan fingerprint density at radius 1 is 1.41 bits per heavy atom. The predicted molar refractivity (Wildman–Crippen MR) is 68.7 cm³/mol. The molecule has 0 spiro atoms. The van der Waals surface area contributed by atoms with E-state index in [1.54, 1.807) is 0 Å². The average molecular weight is 235 g/mol. The summed E-state index contributed by atoms with van der Waals surface area (Å²) in [7, 11) is 0. The van der Waals surface area contributed by atoms with Gasteiger partial charge in [-0.25, -0.2) is 0 Å². The topological polar surface area (TPSA) is 107 Å². The number of anilines is 1. The Labute approximate surface area is 100 Å². The highest BCUT2D eigenvalue weighted by Gasteiger charge is 2.03. The molecule has 0 aliphatic rings. The third-order valence-electron chi connectivity index (χ3n) is 2.03. The molecule has 0 atom stereocenters. The van der Waals surface area contributed by atoms with Crippen molar-refractivity contribution in [2.45, 2.75) is 13.8 Å². The van der Waals surface area contributed by atoms with Crippen molar-refractivity contribution < 1.29 is 4.74 Å². The van der Waals surface area contributed by atoms with Crippen LogP contribution < -0.4 is 21.1 Å². The Morgan fingerprint density at radius 2 is 2.12 bits per heavy atom. The predicted octanol–water partition coefficient (Wildman–Crippen LogP) is 1.22. The van der Waals surface area contributed by atoms with Gasteiger partial charge < -0.3 is 15.8 Å². The van der Waals surface area contributed by atoms with E-state index in [2.05, 4.69) is 10.6 Å². The number of nitrogens with two attached hydrogens (primary N) is 1. The first-order valence-electron chi connectivity index (χ1n) is 5.23. The van der Waals surface area contributed by atoms with Crippen molar-refractivity contribution in [3.05, 3.63) is 23.8 Å². The van der Waals surface area contributed by atoms with Crippen LogP contribution in [-0.4, -0.2) is 18.5 Å². The van der Waals surface area contributed by atoms with Crippen LogP contribution in [0.5, 0.6) is 5.75 Å². The molecule has 1 aromatic rings. The van der Waals surface area contributed by atoms with Crippen LogP contribution >= 0.6 is 0 Å². The largest absolute Gasteiger partial charge is 0.494 e. The monoisotopic (exact) mass is 235 g/mol. The van der Waals surface area contributed by atoms with Gasteiger partial charge in [0.1, 0.15) is 5.75 Å². The van der Waals surface area contributed by atoms with Crippen LogP contribution in [0.25, 0.3) is 0 Å². The third kappa shape index (κ3) is 4.02. The smallest absolute Gasteiger partial charge is 0.199 e. The van der Waals surface area contributed by atoms with Gasteiger partial charge in [0.15, 0.2) is 11.9 Å². The molecule has 6 nitrogen and oxygen atoms in total. The van der Waals surface area contributed by atoms with Gasteiger partial charge in [0, 0.05) is 5.69 Å². The van der Waals surface area contributed by atoms with Crippen LogP contribution in [0.4, 0.5) is 5.69 Å². The molecule has 0 aliphatic carbocycles. The number of ether oxygens (including phenoxy) is 1. The van der Waals surface area contributed by atoms with E-state index in [0.717, 1.165) is 17.0 Å². The summed E-state index contributed by atoms with van der Waals surface area (Å²) in [5, 5.41) is 19.7. The number of hydrogen-bond donors (Lipinski definition) is 5. The quantitative estimate of drug-likeness (QED) is 0.401. The van der Waals surface area contributed by atoms with Crippen molar-refractivity contribution >= 4 is 17.6 Å². The minimum atomic E-state index is -0.272. The Balaban J connectivity index is 2.72. The van der Waals surface area contributed by atoms with Crippen molar-refractivity contribution in [3.63, 3.8) is 0 Å². The number of aryl methyl sites for hydroxylation is 1. The molecule has 0 saturated carbocycles. The molecule has 0 unspecified atom stereocenters. The standard InChI is InChI=1S/C11H17N5O/c1-3-17-8-4-5-9(7(2)6-8)15-11(14)16-10(12)13/h4-6H,3H2,1-2H3,(H6,12,13,14,15,16). The maximum Gasteiger partial charge on any atom is 0.199 e. The fraction of sp³-hybridized carbons (Fsp3) is 0.273. The molecule has 92 valence electrons. The highest BCUT2D eigenvalue weighted by Crippen LogP contribution is 2.21. The Kier molecular flexibility index (Phi) is 4.33. The molecule has 0 amide bonds. The molecular weight excluding hydrogens is 218 g/mol. The molecule has 0 fully saturated rings. The lowest BCUT2D eigenvalue weighted by Crippen LogP contribution is -2.39. The fourth-order valence-corrected chi connectivity index (χ4v) is 1.33. The molecule has 0 heterocycles. The van der Waals surface area contributed by atoms with Gasteiger partial charge in [0.05, 0.1) is 6.61 Å². The van der Waals surface area contributed by atoms with Gasteiger partial charge in [0.2, 0.25) is 0 Å². The van der Waals surface area contributed by atoms with Crippen LogP contribution in [0.3, 0.4) is 0 Å². The number of benzene rings is 1. The minimum Gasteiger partial charge on any atom is -0.494 e. The van der Waals surface area contributed by atoms with Crippen LogP contribution in [-0.2, 0) is 0 Å². The number of guanidine groups is 2. The zero-order chi connectivity index (χ0) is 12.8. The van der Waals surface area contributed by atoms with Crippen LogP contribution in [0, 0.1) is 17.7 Å². The zero-order valence-corrected chi connectivity index (χ0v) is 9.92. The van der Waals surface area contributed by atoms with Gasteiger partial charge in [-0.3, -0.25) is 16.1 Å². The first kappa shape index (κ1) is 12.8. The van der Waals surface area contributed by atoms with Crippen molar-refractivity contribution in [2.24, 2.45) is 5.73 Å². The van der Waals surface area contributed by atoms with Crippen LogP contribution in [0.15, 0.2) is 18.2 Å². The van der Waals surface area contributed by atoms with Crippen molar-refractivity contribution in [3.8, 4) is 5.75 Å². The number of nitrogens with one attached hydrogen (secondary N) is 4. The summed E-state index contributed by atoms with van der Waals surface area (Å²) >= 11 is 0. The second-order valence-electron chi connectivity index (χ2n) is 3.45. The summed E-state index contributed by atoms with van der Waals surface area (Å²) in [6.07, 6.45) is 0. The summed E-state index contributed by atoms with van der Waals surface area (Å²) in [6.45, 7) is 4.45. The highest BCUT2D eigenvalue weighted by atomic mass is 16.5.